The van der Waals surface area contributed by atoms with Gasteiger partial charge in [0.15, 0.2) is 0 Å². The molecule has 4 N–H and O–H groups in total. The fourth-order valence-electron chi connectivity index (χ4n) is 8.90. The van der Waals surface area contributed by atoms with E-state index in [-0.39, 0.29) is 0 Å². The zero-order chi connectivity index (χ0) is 41.5. The molecule has 0 fully saturated rings. The quantitative estimate of drug-likeness (QED) is 0.0972. The molecule has 0 amide bonds. The van der Waals surface area contributed by atoms with Crippen molar-refractivity contribution in [3.05, 3.63) is 192 Å². The first kappa shape index (κ1) is 37.4. The summed E-state index contributed by atoms with van der Waals surface area (Å²) in [5, 5.41) is 14.8. The van der Waals surface area contributed by atoms with Crippen molar-refractivity contribution in [1.29, 1.82) is 0 Å². The van der Waals surface area contributed by atoms with Gasteiger partial charge in [0.05, 0.1) is 33.9 Å². The van der Waals surface area contributed by atoms with Crippen molar-refractivity contribution in [2.45, 2.75) is 5.41 Å². The number of methoxy groups -OCH3 is 4. The number of hydrogen-bond acceptors (Lipinski definition) is 8. The normalized spacial score (nSPS) is 12.4. The second-order valence-corrected chi connectivity index (χ2v) is 15.2. The second kappa shape index (κ2) is 15.4. The molecular formula is C53H44N4O4. The third-order valence-corrected chi connectivity index (χ3v) is 11.8. The molecule has 300 valence electrons. The molecule has 10 rings (SSSR count). The van der Waals surface area contributed by atoms with Crippen LogP contribution in [0.15, 0.2) is 170 Å². The standard InChI is InChI=1S/C53H44N4O4/c1-58-41-17-5-33(6-18-41)54-37-13-25-45-46-26-14-38(55-34-7-19-42(59-2)20-8-34)30-50(46)53(49(45)29-37)51-31-39(56-35-9-21-43(60-3)22-10-35)15-27-47(51)48-28-16-40(32-52(48)53)57-36-11-23-44(61-4)24-12-36/h5-32,54-57H,1-4H3. The maximum Gasteiger partial charge on any atom is 0.119 e. The van der Waals surface area contributed by atoms with Gasteiger partial charge < -0.3 is 40.2 Å². The Kier molecular flexibility index (Phi) is 9.45. The van der Waals surface area contributed by atoms with Crippen molar-refractivity contribution in [3.8, 4) is 45.3 Å². The van der Waals surface area contributed by atoms with Gasteiger partial charge in [-0.2, -0.15) is 0 Å². The Morgan fingerprint density at radius 1 is 0.262 bits per heavy atom. The van der Waals surface area contributed by atoms with Crippen molar-refractivity contribution in [1.82, 2.24) is 0 Å². The molecule has 0 bridgehead atoms. The van der Waals surface area contributed by atoms with Crippen LogP contribution >= 0.6 is 0 Å². The lowest BCUT2D eigenvalue weighted by Crippen LogP contribution is -2.26. The lowest BCUT2D eigenvalue weighted by atomic mass is 9.70. The molecule has 61 heavy (non-hydrogen) atoms. The summed E-state index contributed by atoms with van der Waals surface area (Å²) in [4.78, 5) is 0. The third kappa shape index (κ3) is 6.68. The zero-order valence-corrected chi connectivity index (χ0v) is 34.3. The highest BCUT2D eigenvalue weighted by atomic mass is 16.5. The van der Waals surface area contributed by atoms with Crippen LogP contribution in [0.2, 0.25) is 0 Å². The van der Waals surface area contributed by atoms with Crippen molar-refractivity contribution in [2.75, 3.05) is 49.7 Å². The summed E-state index contributed by atoms with van der Waals surface area (Å²) in [6.07, 6.45) is 0. The largest absolute Gasteiger partial charge is 0.497 e. The van der Waals surface area contributed by atoms with E-state index in [1.807, 2.05) is 97.1 Å². The van der Waals surface area contributed by atoms with Gasteiger partial charge in [-0.15, -0.1) is 0 Å². The summed E-state index contributed by atoms with van der Waals surface area (Å²) in [6, 6.07) is 59.3. The average molecular weight is 801 g/mol. The Bertz CT molecular complexity index is 2490. The Morgan fingerprint density at radius 3 is 0.656 bits per heavy atom. The maximum atomic E-state index is 5.46. The Labute approximate surface area is 355 Å². The molecule has 0 aliphatic heterocycles. The second-order valence-electron chi connectivity index (χ2n) is 15.2. The molecule has 0 aromatic heterocycles. The van der Waals surface area contributed by atoms with Crippen LogP contribution in [0, 0.1) is 0 Å². The molecule has 0 unspecified atom stereocenters. The van der Waals surface area contributed by atoms with Gasteiger partial charge in [0.1, 0.15) is 23.0 Å². The zero-order valence-electron chi connectivity index (χ0n) is 34.3. The molecule has 2 aliphatic rings. The molecule has 2 aliphatic carbocycles. The van der Waals surface area contributed by atoms with Gasteiger partial charge in [-0.3, -0.25) is 0 Å². The molecule has 8 heteroatoms. The van der Waals surface area contributed by atoms with Crippen LogP contribution in [0.3, 0.4) is 0 Å². The maximum absolute atomic E-state index is 5.46. The van der Waals surface area contributed by atoms with Crippen LogP contribution < -0.4 is 40.2 Å². The minimum Gasteiger partial charge on any atom is -0.497 e. The Hall–Kier alpha value is -7.84. The smallest absolute Gasteiger partial charge is 0.119 e. The molecule has 8 nitrogen and oxygen atoms in total. The Morgan fingerprint density at radius 2 is 0.459 bits per heavy atom. The van der Waals surface area contributed by atoms with E-state index in [4.69, 9.17) is 18.9 Å². The van der Waals surface area contributed by atoms with Crippen LogP contribution in [0.5, 0.6) is 23.0 Å². The molecule has 1 spiro atoms. The van der Waals surface area contributed by atoms with E-state index in [9.17, 15) is 0 Å². The average Bonchev–Trinajstić information content (AvgIpc) is 3.75. The molecule has 8 aromatic rings. The molecule has 0 atom stereocenters. The number of hydrogen-bond donors (Lipinski definition) is 4. The number of benzene rings is 8. The van der Waals surface area contributed by atoms with Crippen LogP contribution in [-0.2, 0) is 5.41 Å². The molecule has 0 heterocycles. The highest BCUT2D eigenvalue weighted by molar-refractivity contribution is 5.98. The van der Waals surface area contributed by atoms with Gasteiger partial charge >= 0.3 is 0 Å². The number of nitrogens with one attached hydrogen (secondary N) is 4. The molecule has 0 saturated heterocycles. The van der Waals surface area contributed by atoms with Gasteiger partial charge in [0, 0.05) is 45.5 Å². The highest BCUT2D eigenvalue weighted by Crippen LogP contribution is 2.64. The predicted molar refractivity (Wildman–Crippen MR) is 248 cm³/mol. The molecule has 0 radical (unpaired) electrons. The predicted octanol–water partition coefficient (Wildman–Crippen LogP) is 13.0. The van der Waals surface area contributed by atoms with E-state index >= 15 is 0 Å². The monoisotopic (exact) mass is 800 g/mol. The Balaban J connectivity index is 1.18. The van der Waals surface area contributed by atoms with Gasteiger partial charge in [-0.05, 0) is 190 Å². The SMILES string of the molecule is COc1ccc(Nc2ccc3c(c2)C2(c4cc(Nc5ccc(OC)cc5)ccc4-3)c3cc(Nc4ccc(OC)cc4)ccc3-c3ccc(Nc4ccc(OC)cc4)cc32)cc1. The van der Waals surface area contributed by atoms with E-state index in [0.717, 1.165) is 68.5 Å². The van der Waals surface area contributed by atoms with Gasteiger partial charge in [-0.1, -0.05) is 24.3 Å². The third-order valence-electron chi connectivity index (χ3n) is 11.8. The lowest BCUT2D eigenvalue weighted by Gasteiger charge is -2.32. The lowest BCUT2D eigenvalue weighted by molar-refractivity contribution is 0.415. The van der Waals surface area contributed by atoms with Crippen molar-refractivity contribution < 1.29 is 18.9 Å². The van der Waals surface area contributed by atoms with E-state index in [1.54, 1.807) is 28.4 Å². The van der Waals surface area contributed by atoms with Gasteiger partial charge in [-0.25, -0.2) is 0 Å². The number of fused-ring (bicyclic) bond motifs is 10. The summed E-state index contributed by atoms with van der Waals surface area (Å²) in [5.74, 6) is 3.24. The van der Waals surface area contributed by atoms with Crippen molar-refractivity contribution in [2.24, 2.45) is 0 Å². The van der Waals surface area contributed by atoms with Crippen LogP contribution in [-0.4, -0.2) is 28.4 Å². The highest BCUT2D eigenvalue weighted by Gasteiger charge is 2.52. The first-order valence-electron chi connectivity index (χ1n) is 20.2. The van der Waals surface area contributed by atoms with Crippen LogP contribution in [0.4, 0.5) is 45.5 Å². The molecular weight excluding hydrogens is 757 g/mol. The minimum atomic E-state index is -0.695. The summed E-state index contributed by atoms with van der Waals surface area (Å²) < 4.78 is 21.8. The summed E-state index contributed by atoms with van der Waals surface area (Å²) >= 11 is 0. The van der Waals surface area contributed by atoms with Gasteiger partial charge in [0.25, 0.3) is 0 Å². The van der Waals surface area contributed by atoms with Crippen molar-refractivity contribution >= 4 is 45.5 Å². The van der Waals surface area contributed by atoms with E-state index < -0.39 is 5.41 Å². The summed E-state index contributed by atoms with van der Waals surface area (Å²) in [6.45, 7) is 0. The summed E-state index contributed by atoms with van der Waals surface area (Å²) in [5.41, 5.74) is 16.7. The first-order valence-corrected chi connectivity index (χ1v) is 20.2. The van der Waals surface area contributed by atoms with Crippen molar-refractivity contribution in [3.63, 3.8) is 0 Å². The minimum absolute atomic E-state index is 0.695. The fourth-order valence-corrected chi connectivity index (χ4v) is 8.90. The van der Waals surface area contributed by atoms with Crippen LogP contribution in [0.1, 0.15) is 22.3 Å². The number of rotatable bonds is 12. The number of ether oxygens (including phenoxy) is 4. The van der Waals surface area contributed by atoms with Gasteiger partial charge in [0.2, 0.25) is 0 Å². The van der Waals surface area contributed by atoms with E-state index in [1.165, 1.54) is 44.5 Å². The summed E-state index contributed by atoms with van der Waals surface area (Å²) in [7, 11) is 6.74. The van der Waals surface area contributed by atoms with E-state index in [2.05, 4.69) is 94.1 Å². The van der Waals surface area contributed by atoms with E-state index in [0.29, 0.717) is 0 Å². The fraction of sp³-hybridized carbons (Fsp3) is 0.0943. The topological polar surface area (TPSA) is 85.0 Å². The number of anilines is 8. The van der Waals surface area contributed by atoms with Crippen LogP contribution in [0.25, 0.3) is 22.3 Å². The molecule has 8 aromatic carbocycles. The first-order chi connectivity index (χ1) is 29.9. The molecule has 0 saturated carbocycles.